The van der Waals surface area contributed by atoms with Crippen molar-refractivity contribution in [2.45, 2.75) is 77.7 Å². The van der Waals surface area contributed by atoms with E-state index >= 15 is 0 Å². The van der Waals surface area contributed by atoms with Gasteiger partial charge in [-0.1, -0.05) is 46.0 Å². The van der Waals surface area contributed by atoms with Gasteiger partial charge in [-0.25, -0.2) is 0 Å². The van der Waals surface area contributed by atoms with Crippen molar-refractivity contribution in [3.05, 3.63) is 0 Å². The van der Waals surface area contributed by atoms with Gasteiger partial charge in [0.05, 0.1) is 0 Å². The van der Waals surface area contributed by atoms with Crippen molar-refractivity contribution in [2.75, 3.05) is 6.54 Å². The van der Waals surface area contributed by atoms with Crippen LogP contribution < -0.4 is 5.32 Å². The zero-order valence-corrected chi connectivity index (χ0v) is 11.2. The highest BCUT2D eigenvalue weighted by molar-refractivity contribution is 4.90. The van der Waals surface area contributed by atoms with Crippen LogP contribution in [-0.4, -0.2) is 12.6 Å². The van der Waals surface area contributed by atoms with Gasteiger partial charge in [-0.3, -0.25) is 0 Å². The van der Waals surface area contributed by atoms with Crippen molar-refractivity contribution < 1.29 is 0 Å². The molecule has 94 valence electrons. The lowest BCUT2D eigenvalue weighted by atomic mass is 9.74. The minimum absolute atomic E-state index is 0.662. The maximum absolute atomic E-state index is 3.64. The van der Waals surface area contributed by atoms with Crippen LogP contribution in [-0.2, 0) is 0 Å². The minimum atomic E-state index is 0.662. The van der Waals surface area contributed by atoms with Gasteiger partial charge < -0.3 is 5.32 Å². The maximum atomic E-state index is 3.64. The molecule has 2 rings (SSSR count). The molecule has 0 amide bonds. The standard InChI is InChI=1S/C15H29N/c1-3-16-14-9-10-15(2,12-14)11-13-7-5-4-6-8-13/h13-14,16H,3-12H2,1-2H3. The lowest BCUT2D eigenvalue weighted by molar-refractivity contribution is 0.204. The predicted octanol–water partition coefficient (Wildman–Crippen LogP) is 4.13. The lowest BCUT2D eigenvalue weighted by Gasteiger charge is -2.32. The normalized spacial score (nSPS) is 36.8. The molecular weight excluding hydrogens is 194 g/mol. The molecule has 2 aliphatic rings. The molecule has 0 saturated heterocycles. The fraction of sp³-hybridized carbons (Fsp3) is 1.00. The first-order valence-electron chi connectivity index (χ1n) is 7.45. The summed E-state index contributed by atoms with van der Waals surface area (Å²) in [5.74, 6) is 1.05. The molecule has 0 aromatic heterocycles. The summed E-state index contributed by atoms with van der Waals surface area (Å²) >= 11 is 0. The molecule has 0 radical (unpaired) electrons. The Balaban J connectivity index is 1.79. The van der Waals surface area contributed by atoms with Crippen molar-refractivity contribution in [2.24, 2.45) is 11.3 Å². The van der Waals surface area contributed by atoms with Crippen molar-refractivity contribution in [1.82, 2.24) is 5.32 Å². The number of hydrogen-bond donors (Lipinski definition) is 1. The molecule has 0 spiro atoms. The summed E-state index contributed by atoms with van der Waals surface area (Å²) in [4.78, 5) is 0. The topological polar surface area (TPSA) is 12.0 Å². The van der Waals surface area contributed by atoms with Gasteiger partial charge >= 0.3 is 0 Å². The third-order valence-corrected chi connectivity index (χ3v) is 4.83. The Bertz CT molecular complexity index is 207. The van der Waals surface area contributed by atoms with E-state index in [9.17, 15) is 0 Å². The van der Waals surface area contributed by atoms with Gasteiger partial charge in [0.2, 0.25) is 0 Å². The minimum Gasteiger partial charge on any atom is -0.314 e. The molecule has 1 nitrogen and oxygen atoms in total. The first kappa shape index (κ1) is 12.4. The second-order valence-electron chi connectivity index (χ2n) is 6.52. The van der Waals surface area contributed by atoms with E-state index in [2.05, 4.69) is 19.2 Å². The lowest BCUT2D eigenvalue weighted by Crippen LogP contribution is -2.28. The summed E-state index contributed by atoms with van der Waals surface area (Å²) < 4.78 is 0. The van der Waals surface area contributed by atoms with Crippen LogP contribution in [0.3, 0.4) is 0 Å². The molecule has 1 heteroatoms. The van der Waals surface area contributed by atoms with Crippen molar-refractivity contribution >= 4 is 0 Å². The Labute approximate surface area is 101 Å². The third kappa shape index (κ3) is 3.23. The van der Waals surface area contributed by atoms with Gasteiger partial charge in [0.15, 0.2) is 0 Å². The van der Waals surface area contributed by atoms with E-state index in [1.165, 1.54) is 57.8 Å². The summed E-state index contributed by atoms with van der Waals surface area (Å²) in [6.07, 6.45) is 13.3. The Morgan fingerprint density at radius 1 is 1.12 bits per heavy atom. The predicted molar refractivity (Wildman–Crippen MR) is 70.6 cm³/mol. The van der Waals surface area contributed by atoms with E-state index in [0.717, 1.165) is 18.5 Å². The first-order valence-corrected chi connectivity index (χ1v) is 7.45. The fourth-order valence-electron chi connectivity index (χ4n) is 4.06. The Hall–Kier alpha value is -0.0400. The third-order valence-electron chi connectivity index (χ3n) is 4.83. The van der Waals surface area contributed by atoms with E-state index in [1.54, 1.807) is 0 Å². The Morgan fingerprint density at radius 2 is 1.88 bits per heavy atom. The fourth-order valence-corrected chi connectivity index (χ4v) is 4.06. The number of nitrogens with one attached hydrogen (secondary N) is 1. The summed E-state index contributed by atoms with van der Waals surface area (Å²) in [6.45, 7) is 5.92. The average molecular weight is 223 g/mol. The van der Waals surface area contributed by atoms with Gasteiger partial charge in [-0.15, -0.1) is 0 Å². The van der Waals surface area contributed by atoms with Crippen LogP contribution in [0, 0.1) is 11.3 Å². The van der Waals surface area contributed by atoms with Crippen LogP contribution >= 0.6 is 0 Å². The summed E-state index contributed by atoms with van der Waals surface area (Å²) in [5.41, 5.74) is 0.662. The van der Waals surface area contributed by atoms with E-state index in [0.29, 0.717) is 5.41 Å². The van der Waals surface area contributed by atoms with Crippen LogP contribution in [0.15, 0.2) is 0 Å². The molecule has 2 fully saturated rings. The smallest absolute Gasteiger partial charge is 0.00723 e. The monoisotopic (exact) mass is 223 g/mol. The number of rotatable bonds is 4. The van der Waals surface area contributed by atoms with E-state index < -0.39 is 0 Å². The molecule has 0 heterocycles. The highest BCUT2D eigenvalue weighted by Gasteiger charge is 2.36. The molecule has 2 atom stereocenters. The van der Waals surface area contributed by atoms with Gasteiger partial charge in [0.25, 0.3) is 0 Å². The first-order chi connectivity index (χ1) is 7.72. The van der Waals surface area contributed by atoms with Crippen molar-refractivity contribution in [3.8, 4) is 0 Å². The van der Waals surface area contributed by atoms with Crippen LogP contribution in [0.5, 0.6) is 0 Å². The molecule has 0 aromatic rings. The second kappa shape index (κ2) is 5.53. The summed E-state index contributed by atoms with van der Waals surface area (Å²) in [7, 11) is 0. The SMILES string of the molecule is CCNC1CCC(C)(CC2CCCCC2)C1. The average Bonchev–Trinajstić information content (AvgIpc) is 2.62. The van der Waals surface area contributed by atoms with Gasteiger partial charge in [-0.2, -0.15) is 0 Å². The van der Waals surface area contributed by atoms with E-state index in [1.807, 2.05) is 0 Å². The van der Waals surface area contributed by atoms with Crippen molar-refractivity contribution in [1.29, 1.82) is 0 Å². The highest BCUT2D eigenvalue weighted by atomic mass is 14.9. The quantitative estimate of drug-likeness (QED) is 0.756. The Morgan fingerprint density at radius 3 is 2.56 bits per heavy atom. The van der Waals surface area contributed by atoms with Gasteiger partial charge in [0, 0.05) is 6.04 Å². The molecule has 2 aliphatic carbocycles. The zero-order chi connectivity index (χ0) is 11.4. The van der Waals surface area contributed by atoms with Crippen molar-refractivity contribution in [3.63, 3.8) is 0 Å². The molecule has 0 aromatic carbocycles. The van der Waals surface area contributed by atoms with Gasteiger partial charge in [0.1, 0.15) is 0 Å². The molecular formula is C15H29N. The van der Waals surface area contributed by atoms with E-state index in [4.69, 9.17) is 0 Å². The summed E-state index contributed by atoms with van der Waals surface area (Å²) in [6, 6.07) is 0.818. The Kier molecular flexibility index (Phi) is 4.29. The maximum Gasteiger partial charge on any atom is 0.00723 e. The van der Waals surface area contributed by atoms with E-state index in [-0.39, 0.29) is 0 Å². The zero-order valence-electron chi connectivity index (χ0n) is 11.2. The molecule has 2 unspecified atom stereocenters. The highest BCUT2D eigenvalue weighted by Crippen LogP contribution is 2.45. The molecule has 2 saturated carbocycles. The van der Waals surface area contributed by atoms with Crippen LogP contribution in [0.4, 0.5) is 0 Å². The second-order valence-corrected chi connectivity index (χ2v) is 6.52. The number of hydrogen-bond acceptors (Lipinski definition) is 1. The van der Waals surface area contributed by atoms with Crippen LogP contribution in [0.25, 0.3) is 0 Å². The molecule has 0 aliphatic heterocycles. The molecule has 1 N–H and O–H groups in total. The molecule has 0 bridgehead atoms. The van der Waals surface area contributed by atoms with Crippen LogP contribution in [0.2, 0.25) is 0 Å². The summed E-state index contributed by atoms with van der Waals surface area (Å²) in [5, 5.41) is 3.64. The van der Waals surface area contributed by atoms with Gasteiger partial charge in [-0.05, 0) is 43.6 Å². The molecule has 16 heavy (non-hydrogen) atoms. The van der Waals surface area contributed by atoms with Crippen LogP contribution in [0.1, 0.15) is 71.6 Å². The largest absolute Gasteiger partial charge is 0.314 e.